The average Bonchev–Trinajstić information content (AvgIpc) is 2.67. The summed E-state index contributed by atoms with van der Waals surface area (Å²) in [4.78, 5) is 15.5. The summed E-state index contributed by atoms with van der Waals surface area (Å²) >= 11 is 0. The van der Waals surface area contributed by atoms with Gasteiger partial charge in [-0.15, -0.1) is 0 Å². The predicted molar refractivity (Wildman–Crippen MR) is 93.2 cm³/mol. The summed E-state index contributed by atoms with van der Waals surface area (Å²) in [6, 6.07) is 10.1. The van der Waals surface area contributed by atoms with E-state index in [0.29, 0.717) is 12.5 Å². The lowest BCUT2D eigenvalue weighted by Crippen LogP contribution is -2.44. The zero-order valence-electron chi connectivity index (χ0n) is 13.4. The molecule has 1 N–H and O–H groups in total. The largest absolute Gasteiger partial charge is 0.470 e. The summed E-state index contributed by atoms with van der Waals surface area (Å²) in [6.45, 7) is 4.16. The van der Waals surface area contributed by atoms with E-state index in [4.69, 9.17) is 4.74 Å². The number of nitrogens with zero attached hydrogens (tertiary/aromatic N) is 4. The number of rotatable bonds is 4. The maximum atomic E-state index is 6.02. The van der Waals surface area contributed by atoms with Crippen molar-refractivity contribution in [3.8, 4) is 5.88 Å². The minimum absolute atomic E-state index is 0.445. The summed E-state index contributed by atoms with van der Waals surface area (Å²) < 4.78 is 6.02. The molecule has 122 valence electrons. The molecule has 0 radical (unpaired) electrons. The van der Waals surface area contributed by atoms with E-state index in [0.717, 1.165) is 48.5 Å². The highest BCUT2D eigenvalue weighted by Gasteiger charge is 2.17. The van der Waals surface area contributed by atoms with Crippen molar-refractivity contribution in [1.29, 1.82) is 0 Å². The first kappa shape index (κ1) is 14.8. The molecule has 1 fully saturated rings. The number of hydrogen-bond acceptors (Lipinski definition) is 6. The summed E-state index contributed by atoms with van der Waals surface area (Å²) in [5, 5.41) is 4.45. The second kappa shape index (κ2) is 6.80. The van der Waals surface area contributed by atoms with Crippen LogP contribution in [0.4, 0.5) is 5.82 Å². The van der Waals surface area contributed by atoms with E-state index >= 15 is 0 Å². The first-order valence-electron chi connectivity index (χ1n) is 8.14. The number of nitrogens with one attached hydrogen (secondary N) is 1. The van der Waals surface area contributed by atoms with Crippen LogP contribution in [0.5, 0.6) is 5.88 Å². The Hall–Kier alpha value is -2.73. The van der Waals surface area contributed by atoms with Crippen molar-refractivity contribution in [3.05, 3.63) is 54.5 Å². The number of para-hydroxylation sites is 1. The third-order valence-electron chi connectivity index (χ3n) is 4.17. The van der Waals surface area contributed by atoms with E-state index in [1.54, 1.807) is 12.4 Å². The predicted octanol–water partition coefficient (Wildman–Crippen LogP) is 2.01. The maximum Gasteiger partial charge on any atom is 0.257 e. The van der Waals surface area contributed by atoms with Gasteiger partial charge in [-0.1, -0.05) is 18.2 Å². The van der Waals surface area contributed by atoms with Crippen LogP contribution in [0, 0.1) is 0 Å². The molecule has 1 aliphatic rings. The van der Waals surface area contributed by atoms with Crippen LogP contribution in [-0.4, -0.2) is 41.1 Å². The van der Waals surface area contributed by atoms with E-state index in [2.05, 4.69) is 31.2 Å². The molecule has 0 amide bonds. The molecule has 0 atom stereocenters. The van der Waals surface area contributed by atoms with Crippen molar-refractivity contribution in [2.45, 2.75) is 6.61 Å². The number of ether oxygens (including phenoxy) is 1. The van der Waals surface area contributed by atoms with Crippen LogP contribution in [-0.2, 0) is 6.61 Å². The molecule has 3 aromatic rings. The van der Waals surface area contributed by atoms with Crippen molar-refractivity contribution in [1.82, 2.24) is 20.3 Å². The molecule has 6 heteroatoms. The van der Waals surface area contributed by atoms with E-state index in [9.17, 15) is 0 Å². The number of benzene rings is 1. The Kier molecular flexibility index (Phi) is 4.20. The van der Waals surface area contributed by atoms with E-state index in [1.165, 1.54) is 0 Å². The molecule has 0 saturated carbocycles. The van der Waals surface area contributed by atoms with Gasteiger partial charge >= 0.3 is 0 Å². The quantitative estimate of drug-likeness (QED) is 0.793. The number of aromatic nitrogens is 3. The van der Waals surface area contributed by atoms with Gasteiger partial charge in [-0.05, 0) is 12.1 Å². The second-order valence-electron chi connectivity index (χ2n) is 5.70. The lowest BCUT2D eigenvalue weighted by atomic mass is 10.1. The highest BCUT2D eigenvalue weighted by molar-refractivity contribution is 5.81. The molecular weight excluding hydrogens is 302 g/mol. The van der Waals surface area contributed by atoms with Crippen molar-refractivity contribution in [2.24, 2.45) is 0 Å². The molecule has 0 bridgehead atoms. The van der Waals surface area contributed by atoms with Gasteiger partial charge in [-0.2, -0.15) is 0 Å². The van der Waals surface area contributed by atoms with Crippen LogP contribution in [0.2, 0.25) is 0 Å². The monoisotopic (exact) mass is 321 g/mol. The molecule has 4 rings (SSSR count). The third-order valence-corrected chi connectivity index (χ3v) is 4.17. The van der Waals surface area contributed by atoms with Crippen LogP contribution in [0.25, 0.3) is 10.9 Å². The van der Waals surface area contributed by atoms with E-state index in [1.807, 2.05) is 30.5 Å². The summed E-state index contributed by atoms with van der Waals surface area (Å²) in [7, 11) is 0. The average molecular weight is 321 g/mol. The Morgan fingerprint density at radius 3 is 2.71 bits per heavy atom. The Balaban J connectivity index is 1.57. The molecule has 1 aromatic carbocycles. The first-order valence-corrected chi connectivity index (χ1v) is 8.14. The normalized spacial score (nSPS) is 14.8. The molecule has 2 aromatic heterocycles. The Labute approximate surface area is 140 Å². The van der Waals surface area contributed by atoms with Crippen LogP contribution >= 0.6 is 0 Å². The van der Waals surface area contributed by atoms with Gasteiger partial charge in [-0.3, -0.25) is 4.98 Å². The molecule has 1 saturated heterocycles. The fourth-order valence-corrected chi connectivity index (χ4v) is 2.94. The minimum atomic E-state index is 0.445. The lowest BCUT2D eigenvalue weighted by Gasteiger charge is -2.29. The Bertz CT molecular complexity index is 827. The molecular formula is C18H19N5O. The number of pyridine rings is 1. The Morgan fingerprint density at radius 1 is 0.958 bits per heavy atom. The maximum absolute atomic E-state index is 6.02. The van der Waals surface area contributed by atoms with E-state index in [-0.39, 0.29) is 0 Å². The van der Waals surface area contributed by atoms with E-state index < -0.39 is 0 Å². The lowest BCUT2D eigenvalue weighted by molar-refractivity contribution is 0.293. The molecule has 0 aliphatic carbocycles. The highest BCUT2D eigenvalue weighted by Crippen LogP contribution is 2.25. The van der Waals surface area contributed by atoms with Gasteiger partial charge in [0.15, 0.2) is 5.82 Å². The summed E-state index contributed by atoms with van der Waals surface area (Å²) in [6.07, 6.45) is 5.20. The summed E-state index contributed by atoms with van der Waals surface area (Å²) in [5.74, 6) is 1.40. The van der Waals surface area contributed by atoms with Gasteiger partial charge in [-0.25, -0.2) is 9.97 Å². The van der Waals surface area contributed by atoms with Gasteiger partial charge in [0, 0.05) is 55.7 Å². The van der Waals surface area contributed by atoms with Crippen LogP contribution < -0.4 is 15.0 Å². The van der Waals surface area contributed by atoms with Gasteiger partial charge in [0.2, 0.25) is 0 Å². The zero-order valence-corrected chi connectivity index (χ0v) is 13.4. The minimum Gasteiger partial charge on any atom is -0.470 e. The molecule has 0 unspecified atom stereocenters. The van der Waals surface area contributed by atoms with Gasteiger partial charge < -0.3 is 15.0 Å². The first-order chi connectivity index (χ1) is 11.9. The number of hydrogen-bond donors (Lipinski definition) is 1. The molecule has 1 aliphatic heterocycles. The van der Waals surface area contributed by atoms with Crippen LogP contribution in [0.15, 0.2) is 48.9 Å². The van der Waals surface area contributed by atoms with Crippen LogP contribution in [0.3, 0.4) is 0 Å². The topological polar surface area (TPSA) is 63.2 Å². The number of anilines is 1. The number of fused-ring (bicyclic) bond motifs is 1. The SMILES string of the molecule is c1ccc2c(COc3nccnc3N3CCNCC3)ccnc2c1. The standard InChI is InChI=1S/C18H19N5O/c1-2-4-16-15(3-1)14(5-6-20-16)13-24-18-17(21-7-8-22-18)23-11-9-19-10-12-23/h1-8,19H,9-13H2. The molecule has 3 heterocycles. The van der Waals surface area contributed by atoms with Crippen molar-refractivity contribution < 1.29 is 4.74 Å². The smallest absolute Gasteiger partial charge is 0.257 e. The van der Waals surface area contributed by atoms with Crippen molar-refractivity contribution >= 4 is 16.7 Å². The van der Waals surface area contributed by atoms with Crippen molar-refractivity contribution in [2.75, 3.05) is 31.1 Å². The molecule has 0 spiro atoms. The fourth-order valence-electron chi connectivity index (χ4n) is 2.94. The fraction of sp³-hybridized carbons (Fsp3) is 0.278. The second-order valence-corrected chi connectivity index (χ2v) is 5.70. The Morgan fingerprint density at radius 2 is 1.79 bits per heavy atom. The summed E-state index contributed by atoms with van der Waals surface area (Å²) in [5.41, 5.74) is 2.07. The highest BCUT2D eigenvalue weighted by atomic mass is 16.5. The van der Waals surface area contributed by atoms with Gasteiger partial charge in [0.05, 0.1) is 5.52 Å². The zero-order chi connectivity index (χ0) is 16.2. The number of piperazine rings is 1. The van der Waals surface area contributed by atoms with Gasteiger partial charge in [0.25, 0.3) is 5.88 Å². The molecule has 6 nitrogen and oxygen atoms in total. The van der Waals surface area contributed by atoms with Crippen molar-refractivity contribution in [3.63, 3.8) is 0 Å². The van der Waals surface area contributed by atoms with Gasteiger partial charge in [0.1, 0.15) is 6.61 Å². The van der Waals surface area contributed by atoms with Crippen LogP contribution in [0.1, 0.15) is 5.56 Å². The molecule has 24 heavy (non-hydrogen) atoms. The third kappa shape index (κ3) is 3.00.